The minimum Gasteiger partial charge on any atom is -0.358 e. The number of nitrogens with zero attached hydrogens (tertiary/aromatic N) is 5. The van der Waals surface area contributed by atoms with Gasteiger partial charge in [0.25, 0.3) is 0 Å². The SMILES string of the molecule is O=[N+]([O-])c1nc2c([N+](=O)[O-])cc3c(c2nc1[N+](=O)[O-])Cc1ccccc1-3. The third-order valence-corrected chi connectivity index (χ3v) is 4.21. The maximum Gasteiger partial charge on any atom is 0.463 e. The molecule has 3 aromatic rings. The van der Waals surface area contributed by atoms with Gasteiger partial charge in [0, 0.05) is 18.1 Å². The van der Waals surface area contributed by atoms with E-state index >= 15 is 0 Å². The molecule has 2 aromatic carbocycles. The van der Waals surface area contributed by atoms with E-state index in [4.69, 9.17) is 0 Å². The van der Waals surface area contributed by atoms with Crippen LogP contribution in [0.25, 0.3) is 22.2 Å². The molecule has 1 aromatic heterocycles. The third kappa shape index (κ3) is 2.07. The smallest absolute Gasteiger partial charge is 0.358 e. The Morgan fingerprint density at radius 3 is 2.04 bits per heavy atom. The molecule has 0 bridgehead atoms. The van der Waals surface area contributed by atoms with Gasteiger partial charge < -0.3 is 20.2 Å². The van der Waals surface area contributed by atoms with E-state index in [1.54, 1.807) is 18.2 Å². The van der Waals surface area contributed by atoms with Crippen molar-refractivity contribution in [3.8, 4) is 11.1 Å². The normalized spacial score (nSPS) is 11.8. The topological polar surface area (TPSA) is 155 Å². The van der Waals surface area contributed by atoms with Crippen molar-refractivity contribution >= 4 is 28.4 Å². The van der Waals surface area contributed by atoms with Gasteiger partial charge in [0.05, 0.1) is 4.92 Å². The first-order chi connectivity index (χ1) is 12.4. The average molecular weight is 353 g/mol. The number of hydrogen-bond donors (Lipinski definition) is 0. The number of hydrogen-bond acceptors (Lipinski definition) is 8. The third-order valence-electron chi connectivity index (χ3n) is 4.21. The number of nitro benzene ring substituents is 1. The Balaban J connectivity index is 2.16. The van der Waals surface area contributed by atoms with E-state index in [9.17, 15) is 30.3 Å². The van der Waals surface area contributed by atoms with Crippen LogP contribution in [0, 0.1) is 30.3 Å². The summed E-state index contributed by atoms with van der Waals surface area (Å²) in [6, 6.07) is 8.48. The Hall–Kier alpha value is -4.02. The molecule has 1 aliphatic rings. The summed E-state index contributed by atoms with van der Waals surface area (Å²) < 4.78 is 0. The number of benzene rings is 2. The number of rotatable bonds is 3. The van der Waals surface area contributed by atoms with Crippen LogP contribution >= 0.6 is 0 Å². The van der Waals surface area contributed by atoms with Crippen molar-refractivity contribution in [3.63, 3.8) is 0 Å². The van der Waals surface area contributed by atoms with Crippen molar-refractivity contribution < 1.29 is 14.8 Å². The standard InChI is InChI=1S/C15H7N5O6/c21-18(22)11-6-9-8-4-2-1-3-7(8)5-10(9)12-13(11)17-15(20(25)26)14(16-12)19(23)24/h1-4,6H,5H2. The Morgan fingerprint density at radius 2 is 1.42 bits per heavy atom. The predicted molar refractivity (Wildman–Crippen MR) is 87.7 cm³/mol. The molecule has 0 amide bonds. The van der Waals surface area contributed by atoms with E-state index in [1.165, 1.54) is 6.07 Å². The molecule has 128 valence electrons. The second kappa shape index (κ2) is 5.24. The van der Waals surface area contributed by atoms with Crippen molar-refractivity contribution in [3.05, 3.63) is 71.8 Å². The molecule has 26 heavy (non-hydrogen) atoms. The lowest BCUT2D eigenvalue weighted by Gasteiger charge is -2.02. The summed E-state index contributed by atoms with van der Waals surface area (Å²) in [5, 5.41) is 33.7. The first-order valence-electron chi connectivity index (χ1n) is 7.27. The van der Waals surface area contributed by atoms with Gasteiger partial charge in [-0.3, -0.25) is 10.1 Å². The molecule has 0 radical (unpaired) electrons. The van der Waals surface area contributed by atoms with E-state index in [0.717, 1.165) is 11.1 Å². The summed E-state index contributed by atoms with van der Waals surface area (Å²) in [7, 11) is 0. The molecule has 0 N–H and O–H groups in total. The van der Waals surface area contributed by atoms with Crippen molar-refractivity contribution in [2.75, 3.05) is 0 Å². The second-order valence-electron chi connectivity index (χ2n) is 5.60. The van der Waals surface area contributed by atoms with Crippen LogP contribution in [-0.4, -0.2) is 24.7 Å². The highest BCUT2D eigenvalue weighted by Crippen LogP contribution is 2.44. The summed E-state index contributed by atoms with van der Waals surface area (Å²) in [6.45, 7) is 0. The van der Waals surface area contributed by atoms with Crippen LogP contribution in [0.4, 0.5) is 17.3 Å². The fourth-order valence-electron chi connectivity index (χ4n) is 3.16. The molecule has 0 saturated heterocycles. The largest absolute Gasteiger partial charge is 0.463 e. The zero-order valence-electron chi connectivity index (χ0n) is 12.8. The quantitative estimate of drug-likeness (QED) is 0.402. The molecule has 0 unspecified atom stereocenters. The van der Waals surface area contributed by atoms with Gasteiger partial charge in [0.15, 0.2) is 0 Å². The summed E-state index contributed by atoms with van der Waals surface area (Å²) >= 11 is 0. The highest BCUT2D eigenvalue weighted by atomic mass is 16.6. The van der Waals surface area contributed by atoms with Crippen LogP contribution in [-0.2, 0) is 6.42 Å². The van der Waals surface area contributed by atoms with Crippen molar-refractivity contribution in [2.24, 2.45) is 0 Å². The lowest BCUT2D eigenvalue weighted by Crippen LogP contribution is -2.05. The molecule has 0 fully saturated rings. The van der Waals surface area contributed by atoms with Gasteiger partial charge >= 0.3 is 22.8 Å². The summed E-state index contributed by atoms with van der Waals surface area (Å²) in [5.74, 6) is -2.16. The number of nitro groups is 3. The molecule has 0 aliphatic heterocycles. The van der Waals surface area contributed by atoms with Crippen LogP contribution in [0.2, 0.25) is 0 Å². The zero-order chi connectivity index (χ0) is 18.6. The molecule has 11 nitrogen and oxygen atoms in total. The predicted octanol–water partition coefficient (Wildman–Crippen LogP) is 2.93. The van der Waals surface area contributed by atoms with E-state index in [0.29, 0.717) is 17.5 Å². The molecule has 11 heteroatoms. The summed E-state index contributed by atoms with van der Waals surface area (Å²) in [4.78, 5) is 38.3. The molecule has 0 spiro atoms. The molecule has 1 heterocycles. The lowest BCUT2D eigenvalue weighted by atomic mass is 10.0. The van der Waals surface area contributed by atoms with Crippen LogP contribution in [0.1, 0.15) is 11.1 Å². The first-order valence-corrected chi connectivity index (χ1v) is 7.27. The van der Waals surface area contributed by atoms with E-state index in [-0.39, 0.29) is 11.0 Å². The highest BCUT2D eigenvalue weighted by Gasteiger charge is 2.38. The maximum absolute atomic E-state index is 11.5. The highest BCUT2D eigenvalue weighted by molar-refractivity contribution is 5.97. The first kappa shape index (κ1) is 15.5. The fraction of sp³-hybridized carbons (Fsp3) is 0.0667. The van der Waals surface area contributed by atoms with Crippen LogP contribution in [0.3, 0.4) is 0 Å². The van der Waals surface area contributed by atoms with Gasteiger partial charge in [-0.05, 0) is 36.5 Å². The molecule has 0 saturated carbocycles. The van der Waals surface area contributed by atoms with Crippen molar-refractivity contribution in [1.82, 2.24) is 9.97 Å². The average Bonchev–Trinajstić information content (AvgIpc) is 2.98. The Bertz CT molecular complexity index is 1160. The fourth-order valence-corrected chi connectivity index (χ4v) is 3.16. The van der Waals surface area contributed by atoms with E-state index < -0.39 is 32.1 Å². The Morgan fingerprint density at radius 1 is 0.808 bits per heavy atom. The number of aromatic nitrogens is 2. The minimum atomic E-state index is -1.12. The molecule has 0 atom stereocenters. The van der Waals surface area contributed by atoms with Gasteiger partial charge in [-0.2, -0.15) is 0 Å². The molecular weight excluding hydrogens is 346 g/mol. The van der Waals surface area contributed by atoms with E-state index in [1.807, 2.05) is 6.07 Å². The number of fused-ring (bicyclic) bond motifs is 5. The van der Waals surface area contributed by atoms with Crippen LogP contribution in [0.15, 0.2) is 30.3 Å². The van der Waals surface area contributed by atoms with Gasteiger partial charge in [-0.1, -0.05) is 24.3 Å². The maximum atomic E-state index is 11.5. The Kier molecular flexibility index (Phi) is 3.12. The molecule has 4 rings (SSSR count). The van der Waals surface area contributed by atoms with Crippen LogP contribution in [0.5, 0.6) is 0 Å². The van der Waals surface area contributed by atoms with Gasteiger partial charge in [-0.25, -0.2) is 0 Å². The summed E-state index contributed by atoms with van der Waals surface area (Å²) in [5.41, 5.74) is 1.81. The molecule has 1 aliphatic carbocycles. The second-order valence-corrected chi connectivity index (χ2v) is 5.60. The van der Waals surface area contributed by atoms with Crippen molar-refractivity contribution in [2.45, 2.75) is 6.42 Å². The van der Waals surface area contributed by atoms with Gasteiger partial charge in [-0.15, -0.1) is 0 Å². The lowest BCUT2D eigenvalue weighted by molar-refractivity contribution is -0.428. The minimum absolute atomic E-state index is 0.0669. The van der Waals surface area contributed by atoms with Gasteiger partial charge in [0.1, 0.15) is 0 Å². The Labute approximate surface area is 143 Å². The molecular formula is C15H7N5O6. The van der Waals surface area contributed by atoms with Gasteiger partial charge in [0.2, 0.25) is 5.52 Å². The van der Waals surface area contributed by atoms with Crippen LogP contribution < -0.4 is 0 Å². The number of non-ortho nitro benzene ring substituents is 1. The monoisotopic (exact) mass is 353 g/mol. The summed E-state index contributed by atoms with van der Waals surface area (Å²) in [6.07, 6.45) is 0.351. The zero-order valence-corrected chi connectivity index (χ0v) is 12.8. The van der Waals surface area contributed by atoms with E-state index in [2.05, 4.69) is 9.97 Å². The van der Waals surface area contributed by atoms with Crippen molar-refractivity contribution in [1.29, 1.82) is 0 Å².